The van der Waals surface area contributed by atoms with Crippen molar-refractivity contribution in [1.29, 1.82) is 0 Å². The van der Waals surface area contributed by atoms with E-state index in [1.807, 2.05) is 30.2 Å². The zero-order chi connectivity index (χ0) is 15.5. The van der Waals surface area contributed by atoms with Crippen LogP contribution in [0.5, 0.6) is 0 Å². The summed E-state index contributed by atoms with van der Waals surface area (Å²) in [6, 6.07) is 2.18. The van der Waals surface area contributed by atoms with Crippen molar-refractivity contribution in [3.8, 4) is 11.3 Å². The van der Waals surface area contributed by atoms with Crippen LogP contribution in [-0.2, 0) is 11.8 Å². The number of esters is 1. The number of carbonyl (C=O) groups is 1. The van der Waals surface area contributed by atoms with E-state index in [2.05, 4.69) is 10.2 Å². The maximum atomic E-state index is 12.0. The zero-order valence-corrected chi connectivity index (χ0v) is 13.2. The van der Waals surface area contributed by atoms with Crippen molar-refractivity contribution < 1.29 is 9.53 Å². The average Bonchev–Trinajstić information content (AvgIpc) is 3.14. The van der Waals surface area contributed by atoms with Crippen LogP contribution in [0.25, 0.3) is 11.3 Å². The summed E-state index contributed by atoms with van der Waals surface area (Å²) in [7, 11) is 1.89. The van der Waals surface area contributed by atoms with Crippen molar-refractivity contribution >= 4 is 5.97 Å². The summed E-state index contributed by atoms with van der Waals surface area (Å²) < 4.78 is 8.85. The van der Waals surface area contributed by atoms with Crippen LogP contribution in [0.4, 0.5) is 0 Å². The summed E-state index contributed by atoms with van der Waals surface area (Å²) in [5.41, 5.74) is 2.31. The smallest absolute Gasteiger partial charge is 0.358 e. The Labute approximate surface area is 130 Å². The van der Waals surface area contributed by atoms with Crippen molar-refractivity contribution in [3.05, 3.63) is 24.2 Å². The van der Waals surface area contributed by atoms with Gasteiger partial charge in [0.25, 0.3) is 0 Å². The first-order valence-electron chi connectivity index (χ1n) is 7.94. The molecule has 0 atom stereocenters. The minimum absolute atomic E-state index is 0.354. The Bertz CT molecular complexity index is 653. The van der Waals surface area contributed by atoms with Crippen LogP contribution in [0, 0.1) is 0 Å². The van der Waals surface area contributed by atoms with Gasteiger partial charge >= 0.3 is 5.97 Å². The van der Waals surface area contributed by atoms with Crippen LogP contribution in [-0.4, -0.2) is 32.1 Å². The highest BCUT2D eigenvalue weighted by molar-refractivity contribution is 5.88. The van der Waals surface area contributed by atoms with Crippen molar-refractivity contribution in [2.24, 2.45) is 7.05 Å². The van der Waals surface area contributed by atoms with Gasteiger partial charge in [0.05, 0.1) is 24.5 Å². The molecule has 2 aromatic rings. The molecule has 0 aliphatic heterocycles. The topological polar surface area (TPSA) is 61.9 Å². The fraction of sp³-hybridized carbons (Fsp3) is 0.562. The van der Waals surface area contributed by atoms with Gasteiger partial charge in [-0.15, -0.1) is 0 Å². The Kier molecular flexibility index (Phi) is 4.27. The molecule has 22 heavy (non-hydrogen) atoms. The molecular formula is C16H22N4O2. The molecule has 3 rings (SSSR count). The van der Waals surface area contributed by atoms with Crippen LogP contribution in [0.1, 0.15) is 55.6 Å². The number of aromatic nitrogens is 4. The van der Waals surface area contributed by atoms with Gasteiger partial charge < -0.3 is 4.74 Å². The van der Waals surface area contributed by atoms with Gasteiger partial charge in [0, 0.05) is 18.8 Å². The lowest BCUT2D eigenvalue weighted by atomic mass is 9.95. The van der Waals surface area contributed by atoms with E-state index in [0.717, 1.165) is 24.1 Å². The van der Waals surface area contributed by atoms with Gasteiger partial charge in [-0.2, -0.15) is 10.2 Å². The second-order valence-corrected chi connectivity index (χ2v) is 5.77. The quantitative estimate of drug-likeness (QED) is 0.815. The van der Waals surface area contributed by atoms with Gasteiger partial charge in [-0.25, -0.2) is 4.79 Å². The maximum absolute atomic E-state index is 12.0. The van der Waals surface area contributed by atoms with Gasteiger partial charge in [-0.3, -0.25) is 9.36 Å². The molecule has 0 unspecified atom stereocenters. The SMILES string of the molecule is CCOC(=O)c1cc(-c2cnn(C)c2)n(C2CCCCC2)n1. The first-order valence-corrected chi connectivity index (χ1v) is 7.94. The van der Waals surface area contributed by atoms with E-state index in [1.54, 1.807) is 11.6 Å². The predicted molar refractivity (Wildman–Crippen MR) is 82.5 cm³/mol. The van der Waals surface area contributed by atoms with Crippen LogP contribution in [0.3, 0.4) is 0 Å². The number of rotatable bonds is 4. The van der Waals surface area contributed by atoms with Crippen molar-refractivity contribution in [3.63, 3.8) is 0 Å². The maximum Gasteiger partial charge on any atom is 0.358 e. The standard InChI is InChI=1S/C16H22N4O2/c1-3-22-16(21)14-9-15(12-10-17-19(2)11-12)20(18-14)13-7-5-4-6-8-13/h9-11,13H,3-8H2,1-2H3. The van der Waals surface area contributed by atoms with E-state index in [1.165, 1.54) is 19.3 Å². The van der Waals surface area contributed by atoms with Crippen LogP contribution >= 0.6 is 0 Å². The lowest BCUT2D eigenvalue weighted by Gasteiger charge is -2.23. The number of aryl methyl sites for hydroxylation is 1. The van der Waals surface area contributed by atoms with Gasteiger partial charge in [-0.1, -0.05) is 19.3 Å². The number of nitrogens with zero attached hydrogens (tertiary/aromatic N) is 4. The van der Waals surface area contributed by atoms with E-state index in [-0.39, 0.29) is 5.97 Å². The minimum atomic E-state index is -0.359. The second-order valence-electron chi connectivity index (χ2n) is 5.77. The summed E-state index contributed by atoms with van der Waals surface area (Å²) in [6.45, 7) is 2.16. The second kappa shape index (κ2) is 6.34. The highest BCUT2D eigenvalue weighted by atomic mass is 16.5. The fourth-order valence-corrected chi connectivity index (χ4v) is 3.07. The Morgan fingerprint density at radius 2 is 2.14 bits per heavy atom. The molecule has 6 heteroatoms. The molecule has 1 fully saturated rings. The number of hydrogen-bond donors (Lipinski definition) is 0. The number of carbonyl (C=O) groups excluding carboxylic acids is 1. The monoisotopic (exact) mass is 302 g/mol. The molecule has 2 aromatic heterocycles. The Balaban J connectivity index is 1.99. The third-order valence-electron chi connectivity index (χ3n) is 4.14. The summed E-state index contributed by atoms with van der Waals surface area (Å²) >= 11 is 0. The fourth-order valence-electron chi connectivity index (χ4n) is 3.07. The molecule has 1 aliphatic carbocycles. The van der Waals surface area contributed by atoms with Gasteiger partial charge in [0.2, 0.25) is 0 Å². The van der Waals surface area contributed by atoms with Gasteiger partial charge in [-0.05, 0) is 25.8 Å². The molecule has 0 amide bonds. The van der Waals surface area contributed by atoms with Crippen LogP contribution in [0.15, 0.2) is 18.5 Å². The first kappa shape index (κ1) is 14.8. The molecule has 118 valence electrons. The highest BCUT2D eigenvalue weighted by Gasteiger charge is 2.23. The van der Waals surface area contributed by atoms with Crippen LogP contribution < -0.4 is 0 Å². The largest absolute Gasteiger partial charge is 0.461 e. The average molecular weight is 302 g/mol. The molecule has 6 nitrogen and oxygen atoms in total. The number of ether oxygens (including phenoxy) is 1. The lowest BCUT2D eigenvalue weighted by Crippen LogP contribution is -2.16. The molecule has 0 radical (unpaired) electrons. The van der Waals surface area contributed by atoms with Crippen molar-refractivity contribution in [2.75, 3.05) is 6.61 Å². The molecule has 0 bridgehead atoms. The Morgan fingerprint density at radius 3 is 2.77 bits per heavy atom. The molecule has 0 spiro atoms. The molecule has 1 aliphatic rings. The summed E-state index contributed by atoms with van der Waals surface area (Å²) in [5.74, 6) is -0.359. The molecule has 0 N–H and O–H groups in total. The molecule has 0 saturated heterocycles. The molecule has 1 saturated carbocycles. The summed E-state index contributed by atoms with van der Waals surface area (Å²) in [6.07, 6.45) is 9.69. The Morgan fingerprint density at radius 1 is 1.36 bits per heavy atom. The Hall–Kier alpha value is -2.11. The third kappa shape index (κ3) is 2.91. The highest BCUT2D eigenvalue weighted by Crippen LogP contribution is 2.32. The lowest BCUT2D eigenvalue weighted by molar-refractivity contribution is 0.0518. The molecule has 2 heterocycles. The van der Waals surface area contributed by atoms with Crippen molar-refractivity contribution in [1.82, 2.24) is 19.6 Å². The summed E-state index contributed by atoms with van der Waals surface area (Å²) in [4.78, 5) is 12.0. The summed E-state index contributed by atoms with van der Waals surface area (Å²) in [5, 5.41) is 8.77. The molecule has 0 aromatic carbocycles. The molecular weight excluding hydrogens is 280 g/mol. The third-order valence-corrected chi connectivity index (χ3v) is 4.14. The predicted octanol–water partition coefficient (Wildman–Crippen LogP) is 2.97. The number of hydrogen-bond acceptors (Lipinski definition) is 4. The minimum Gasteiger partial charge on any atom is -0.461 e. The van der Waals surface area contributed by atoms with Crippen molar-refractivity contribution in [2.45, 2.75) is 45.1 Å². The zero-order valence-electron chi connectivity index (χ0n) is 13.2. The van der Waals surface area contributed by atoms with E-state index < -0.39 is 0 Å². The van der Waals surface area contributed by atoms with E-state index >= 15 is 0 Å². The van der Waals surface area contributed by atoms with E-state index in [0.29, 0.717) is 18.3 Å². The first-order chi connectivity index (χ1) is 10.7. The van der Waals surface area contributed by atoms with E-state index in [4.69, 9.17) is 4.74 Å². The van der Waals surface area contributed by atoms with Crippen LogP contribution in [0.2, 0.25) is 0 Å². The van der Waals surface area contributed by atoms with Gasteiger partial charge in [0.1, 0.15) is 0 Å². The van der Waals surface area contributed by atoms with E-state index in [9.17, 15) is 4.79 Å². The normalized spacial score (nSPS) is 15.9. The van der Waals surface area contributed by atoms with Gasteiger partial charge in [0.15, 0.2) is 5.69 Å².